The van der Waals surface area contributed by atoms with E-state index in [2.05, 4.69) is 0 Å². The van der Waals surface area contributed by atoms with Crippen LogP contribution < -0.4 is 9.46 Å². The van der Waals surface area contributed by atoms with Gasteiger partial charge in [0.25, 0.3) is 5.69 Å². The van der Waals surface area contributed by atoms with Crippen molar-refractivity contribution in [2.75, 3.05) is 0 Å². The summed E-state index contributed by atoms with van der Waals surface area (Å²) in [5.74, 6) is 0. The van der Waals surface area contributed by atoms with E-state index >= 15 is 0 Å². The summed E-state index contributed by atoms with van der Waals surface area (Å²) in [4.78, 5) is 10.0. The van der Waals surface area contributed by atoms with Crippen LogP contribution in [0.25, 0.3) is 0 Å². The Bertz CT molecular complexity index is 517. The van der Waals surface area contributed by atoms with Gasteiger partial charge >= 0.3 is 0 Å². The van der Waals surface area contributed by atoms with Crippen molar-refractivity contribution in [3.63, 3.8) is 0 Å². The molecule has 0 aliphatic carbocycles. The number of hydrogen-bond donors (Lipinski definition) is 1. The average Bonchev–Trinajstić information content (AvgIpc) is 2.41. The predicted octanol–water partition coefficient (Wildman–Crippen LogP) is -0.0552. The first-order chi connectivity index (χ1) is 8.69. The number of aliphatic hydroxyl groups excluding tert-OH is 1. The summed E-state index contributed by atoms with van der Waals surface area (Å²) >= 11 is 0. The smallest absolute Gasteiger partial charge is 0.256 e. The minimum absolute atomic E-state index is 0.137. The van der Waals surface area contributed by atoms with Crippen molar-refractivity contribution in [3.8, 4) is 0 Å². The van der Waals surface area contributed by atoms with Crippen molar-refractivity contribution in [1.29, 1.82) is 0 Å². The Balaban J connectivity index is 0.000000180. The van der Waals surface area contributed by atoms with Gasteiger partial charge in [0.05, 0.1) is 0 Å². The molecule has 2 aromatic heterocycles. The molecular weight excluding hydrogens is 236 g/mol. The molecule has 2 rings (SSSR count). The fourth-order valence-corrected chi connectivity index (χ4v) is 1.12. The van der Waals surface area contributed by atoms with Crippen molar-refractivity contribution in [2.24, 2.45) is 0 Å². The largest absolute Gasteiger partial charge is 0.618 e. The highest BCUT2D eigenvalue weighted by Crippen LogP contribution is 1.87. The summed E-state index contributed by atoms with van der Waals surface area (Å²) < 4.78 is 1.16. The van der Waals surface area contributed by atoms with E-state index in [1.54, 1.807) is 30.3 Å². The van der Waals surface area contributed by atoms with E-state index < -0.39 is 0 Å². The summed E-state index contributed by atoms with van der Waals surface area (Å²) in [5.41, 5.74) is 0.509. The van der Waals surface area contributed by atoms with Gasteiger partial charge in [-0.15, -0.1) is 0 Å². The number of aliphatic hydroxyl groups is 1. The maximum absolute atomic E-state index is 10.6. The summed E-state index contributed by atoms with van der Waals surface area (Å²) in [6.45, 7) is -0.204. The van der Waals surface area contributed by atoms with E-state index in [4.69, 9.17) is 5.11 Å². The zero-order valence-corrected chi connectivity index (χ0v) is 9.47. The molecule has 0 aromatic carbocycles. The third-order valence-electron chi connectivity index (χ3n) is 2.04. The summed E-state index contributed by atoms with van der Waals surface area (Å²) in [7, 11) is 0. The molecule has 0 saturated carbocycles. The molecule has 0 radical (unpaired) electrons. The lowest BCUT2D eigenvalue weighted by Gasteiger charge is -1.97. The molecule has 6 heteroatoms. The van der Waals surface area contributed by atoms with Gasteiger partial charge in [-0.05, 0) is 12.1 Å². The van der Waals surface area contributed by atoms with E-state index in [-0.39, 0.29) is 12.3 Å². The normalized spacial score (nSPS) is 9.17. The molecule has 0 unspecified atom stereocenters. The van der Waals surface area contributed by atoms with Crippen LogP contribution in [0.1, 0.15) is 16.2 Å². The number of carbonyl (C=O) groups excluding carboxylic acids is 1. The van der Waals surface area contributed by atoms with Gasteiger partial charge in [0.1, 0.15) is 6.61 Å². The van der Waals surface area contributed by atoms with Crippen LogP contribution in [0.3, 0.4) is 0 Å². The minimum atomic E-state index is -0.204. The topological polar surface area (TPSA) is 91.2 Å². The first-order valence-electron chi connectivity index (χ1n) is 5.10. The lowest BCUT2D eigenvalue weighted by molar-refractivity contribution is -0.616. The Morgan fingerprint density at radius 1 is 1.06 bits per heavy atom. The Labute approximate surface area is 104 Å². The van der Waals surface area contributed by atoms with E-state index in [9.17, 15) is 15.2 Å². The van der Waals surface area contributed by atoms with E-state index in [1.807, 2.05) is 0 Å². The van der Waals surface area contributed by atoms with Crippen LogP contribution in [-0.4, -0.2) is 11.4 Å². The van der Waals surface area contributed by atoms with Crippen LogP contribution in [0.5, 0.6) is 0 Å². The van der Waals surface area contributed by atoms with Crippen LogP contribution in [-0.2, 0) is 6.61 Å². The van der Waals surface area contributed by atoms with Crippen LogP contribution in [0, 0.1) is 10.4 Å². The van der Waals surface area contributed by atoms with Crippen LogP contribution >= 0.6 is 0 Å². The van der Waals surface area contributed by atoms with Crippen molar-refractivity contribution in [2.45, 2.75) is 6.61 Å². The zero-order chi connectivity index (χ0) is 13.4. The molecular formula is C12H12N2O4. The molecule has 0 aliphatic rings. The SMILES string of the molecule is O=Cc1cccc[n+]1[O-].[O-][n+]1ccccc1CO. The predicted molar refractivity (Wildman–Crippen MR) is 62.1 cm³/mol. The molecule has 2 aromatic rings. The highest BCUT2D eigenvalue weighted by molar-refractivity contribution is 5.69. The minimum Gasteiger partial charge on any atom is -0.618 e. The highest BCUT2D eigenvalue weighted by atomic mass is 16.5. The van der Waals surface area contributed by atoms with Gasteiger partial charge in [-0.25, -0.2) is 0 Å². The molecule has 1 N–H and O–H groups in total. The van der Waals surface area contributed by atoms with Gasteiger partial charge in [0.15, 0.2) is 12.4 Å². The van der Waals surface area contributed by atoms with Gasteiger partial charge in [0.2, 0.25) is 12.0 Å². The van der Waals surface area contributed by atoms with E-state index in [1.165, 1.54) is 18.5 Å². The number of nitrogens with zero attached hydrogens (tertiary/aromatic N) is 2. The van der Waals surface area contributed by atoms with Crippen LogP contribution in [0.2, 0.25) is 0 Å². The number of pyridine rings is 2. The van der Waals surface area contributed by atoms with Crippen molar-refractivity contribution >= 4 is 6.29 Å². The summed E-state index contributed by atoms with van der Waals surface area (Å²) in [6.07, 6.45) is 3.16. The molecule has 0 spiro atoms. The van der Waals surface area contributed by atoms with Crippen molar-refractivity contribution in [1.82, 2.24) is 0 Å². The summed E-state index contributed by atoms with van der Waals surface area (Å²) in [5, 5.41) is 29.6. The second-order valence-electron chi connectivity index (χ2n) is 3.25. The second kappa shape index (κ2) is 6.97. The third-order valence-corrected chi connectivity index (χ3v) is 2.04. The van der Waals surface area contributed by atoms with E-state index in [0.29, 0.717) is 21.4 Å². The number of hydrogen-bond acceptors (Lipinski definition) is 4. The number of aldehydes is 1. The Morgan fingerprint density at radius 2 is 1.67 bits per heavy atom. The summed E-state index contributed by atoms with van der Waals surface area (Å²) in [6, 6.07) is 9.57. The quantitative estimate of drug-likeness (QED) is 0.458. The highest BCUT2D eigenvalue weighted by Gasteiger charge is 1.97. The van der Waals surface area contributed by atoms with Gasteiger partial charge < -0.3 is 15.5 Å². The van der Waals surface area contributed by atoms with Crippen LogP contribution in [0.4, 0.5) is 0 Å². The fourth-order valence-electron chi connectivity index (χ4n) is 1.12. The average molecular weight is 248 g/mol. The standard InChI is InChI=1S/C6H7NO2.C6H5NO2/c2*8-5-6-3-1-2-4-7(6)9/h1-4,8H,5H2;1-5H. The van der Waals surface area contributed by atoms with Gasteiger partial charge in [-0.1, -0.05) is 0 Å². The Hall–Kier alpha value is -2.47. The van der Waals surface area contributed by atoms with Gasteiger partial charge in [0, 0.05) is 24.3 Å². The number of rotatable bonds is 2. The maximum atomic E-state index is 10.6. The molecule has 0 aliphatic heterocycles. The lowest BCUT2D eigenvalue weighted by Crippen LogP contribution is -2.30. The Kier molecular flexibility index (Phi) is 5.27. The molecule has 0 atom stereocenters. The van der Waals surface area contributed by atoms with Crippen LogP contribution in [0.15, 0.2) is 48.8 Å². The molecule has 0 fully saturated rings. The first-order valence-corrected chi connectivity index (χ1v) is 5.10. The molecule has 6 nitrogen and oxygen atoms in total. The van der Waals surface area contributed by atoms with Crippen molar-refractivity contribution in [3.05, 3.63) is 70.6 Å². The molecule has 2 heterocycles. The zero-order valence-electron chi connectivity index (χ0n) is 9.47. The molecule has 94 valence electrons. The number of carbonyl (C=O) groups is 1. The molecule has 0 amide bonds. The van der Waals surface area contributed by atoms with E-state index in [0.717, 1.165) is 0 Å². The lowest BCUT2D eigenvalue weighted by atomic mass is 10.4. The molecule has 0 bridgehead atoms. The monoisotopic (exact) mass is 248 g/mol. The number of aromatic nitrogens is 2. The molecule has 18 heavy (non-hydrogen) atoms. The Morgan fingerprint density at radius 3 is 2.06 bits per heavy atom. The molecule has 0 saturated heterocycles. The van der Waals surface area contributed by atoms with Gasteiger partial charge in [-0.3, -0.25) is 4.79 Å². The second-order valence-corrected chi connectivity index (χ2v) is 3.25. The van der Waals surface area contributed by atoms with Crippen molar-refractivity contribution < 1.29 is 19.4 Å². The fraction of sp³-hybridized carbons (Fsp3) is 0.0833. The first kappa shape index (κ1) is 13.6. The maximum Gasteiger partial charge on any atom is 0.256 e. The third kappa shape index (κ3) is 3.84. The van der Waals surface area contributed by atoms with Gasteiger partial charge in [-0.2, -0.15) is 9.46 Å².